The number of rotatable bonds is 5. The Kier molecular flexibility index (Phi) is 4.25. The first kappa shape index (κ1) is 15.5. The highest BCUT2D eigenvalue weighted by Gasteiger charge is 2.40. The molecule has 0 bridgehead atoms. The van der Waals surface area contributed by atoms with Gasteiger partial charge in [0.1, 0.15) is 0 Å². The van der Waals surface area contributed by atoms with E-state index in [-0.39, 0.29) is 16.3 Å². The Bertz CT molecular complexity index is 563. The van der Waals surface area contributed by atoms with Crippen LogP contribution in [-0.4, -0.2) is 27.3 Å². The Morgan fingerprint density at radius 2 is 1.89 bits per heavy atom. The summed E-state index contributed by atoms with van der Waals surface area (Å²) >= 11 is 0. The number of primary sulfonamides is 1. The molecule has 0 spiro atoms. The maximum atomic E-state index is 12.7. The van der Waals surface area contributed by atoms with Crippen molar-refractivity contribution in [2.45, 2.75) is 17.2 Å². The predicted molar refractivity (Wildman–Crippen MR) is 61.7 cm³/mol. The number of nitrogens with one attached hydrogen (secondary N) is 1. The van der Waals surface area contributed by atoms with Crippen molar-refractivity contribution < 1.29 is 26.0 Å². The minimum absolute atomic E-state index is 0.0718. The lowest BCUT2D eigenvalue weighted by Gasteiger charge is -2.17. The van der Waals surface area contributed by atoms with Gasteiger partial charge in [0.25, 0.3) is 0 Å². The van der Waals surface area contributed by atoms with E-state index < -0.39 is 28.9 Å². The van der Waals surface area contributed by atoms with E-state index in [1.807, 2.05) is 5.32 Å². The van der Waals surface area contributed by atoms with Crippen LogP contribution in [0.1, 0.15) is 0 Å². The molecular formula is C9H11F4N3O2S. The molecule has 0 radical (unpaired) electrons. The first-order valence-corrected chi connectivity index (χ1v) is 6.41. The molecule has 0 aliphatic heterocycles. The van der Waals surface area contributed by atoms with Gasteiger partial charge in [-0.1, -0.05) is 0 Å². The fourth-order valence-corrected chi connectivity index (χ4v) is 1.70. The third-order valence-corrected chi connectivity index (χ3v) is 3.10. The normalized spacial score (nSPS) is 12.7. The predicted octanol–water partition coefficient (Wildman–Crippen LogP) is 1.23. The molecule has 19 heavy (non-hydrogen) atoms. The monoisotopic (exact) mass is 301 g/mol. The zero-order chi connectivity index (χ0) is 14.8. The summed E-state index contributed by atoms with van der Waals surface area (Å²) < 4.78 is 71.4. The maximum absolute atomic E-state index is 12.7. The summed E-state index contributed by atoms with van der Waals surface area (Å²) in [5, 5.41) is 6.81. The van der Waals surface area contributed by atoms with Gasteiger partial charge in [0.2, 0.25) is 10.0 Å². The van der Waals surface area contributed by atoms with Crippen LogP contribution in [0.25, 0.3) is 0 Å². The van der Waals surface area contributed by atoms with Gasteiger partial charge in [-0.2, -0.15) is 8.78 Å². The third-order valence-electron chi connectivity index (χ3n) is 2.19. The van der Waals surface area contributed by atoms with Crippen molar-refractivity contribution in [2.75, 3.05) is 17.6 Å². The van der Waals surface area contributed by atoms with Crippen LogP contribution in [0.3, 0.4) is 0 Å². The highest BCUT2D eigenvalue weighted by Crippen LogP contribution is 2.26. The second-order valence-corrected chi connectivity index (χ2v) is 5.27. The van der Waals surface area contributed by atoms with Crippen LogP contribution in [0.15, 0.2) is 23.1 Å². The molecular weight excluding hydrogens is 290 g/mol. The Morgan fingerprint density at radius 3 is 2.37 bits per heavy atom. The van der Waals surface area contributed by atoms with Gasteiger partial charge in [-0.05, 0) is 18.2 Å². The number of sulfonamides is 1. The van der Waals surface area contributed by atoms with Crippen LogP contribution < -0.4 is 16.2 Å². The quantitative estimate of drug-likeness (QED) is 0.562. The lowest BCUT2D eigenvalue weighted by atomic mass is 10.2. The Morgan fingerprint density at radius 1 is 1.32 bits per heavy atom. The largest absolute Gasteiger partial charge is 0.397 e. The maximum Gasteiger partial charge on any atom is 0.324 e. The summed E-state index contributed by atoms with van der Waals surface area (Å²) in [7, 11) is -4.04. The van der Waals surface area contributed by atoms with Crippen molar-refractivity contribution in [1.82, 2.24) is 0 Å². The van der Waals surface area contributed by atoms with Crippen LogP contribution in [0.2, 0.25) is 0 Å². The second kappa shape index (κ2) is 5.21. The smallest absolute Gasteiger partial charge is 0.324 e. The molecule has 0 aromatic heterocycles. The summed E-state index contributed by atoms with van der Waals surface area (Å²) in [6.45, 7) is -1.39. The van der Waals surface area contributed by atoms with E-state index in [1.165, 1.54) is 0 Å². The van der Waals surface area contributed by atoms with Gasteiger partial charge in [-0.25, -0.2) is 22.3 Å². The molecule has 0 aliphatic rings. The standard InChI is InChI=1S/C9H11F4N3O2S/c10-8(11)9(12,13)4-16-7-3-5(19(15,17)18)1-2-6(7)14/h1-3,8,16H,4,14H2,(H2,15,17,18). The molecule has 0 heterocycles. The number of benzene rings is 1. The highest BCUT2D eigenvalue weighted by atomic mass is 32.2. The van der Waals surface area contributed by atoms with Crippen molar-refractivity contribution in [3.63, 3.8) is 0 Å². The Balaban J connectivity index is 2.96. The lowest BCUT2D eigenvalue weighted by molar-refractivity contribution is -0.117. The topological polar surface area (TPSA) is 98.2 Å². The van der Waals surface area contributed by atoms with E-state index in [4.69, 9.17) is 10.9 Å². The number of halogens is 4. The van der Waals surface area contributed by atoms with Gasteiger partial charge in [0.15, 0.2) is 0 Å². The Hall–Kier alpha value is -1.55. The SMILES string of the molecule is Nc1ccc(S(N)(=O)=O)cc1NCC(F)(F)C(F)F. The average molecular weight is 301 g/mol. The number of nitrogens with two attached hydrogens (primary N) is 2. The summed E-state index contributed by atoms with van der Waals surface area (Å²) in [5.41, 5.74) is 5.12. The molecule has 0 saturated heterocycles. The van der Waals surface area contributed by atoms with Crippen molar-refractivity contribution in [2.24, 2.45) is 5.14 Å². The summed E-state index contributed by atoms with van der Waals surface area (Å²) in [4.78, 5) is -0.371. The zero-order valence-corrected chi connectivity index (χ0v) is 10.2. The molecule has 1 aromatic rings. The van der Waals surface area contributed by atoms with E-state index in [9.17, 15) is 26.0 Å². The van der Waals surface area contributed by atoms with Crippen molar-refractivity contribution >= 4 is 21.4 Å². The first-order valence-electron chi connectivity index (χ1n) is 4.86. The van der Waals surface area contributed by atoms with Gasteiger partial charge in [-0.3, -0.25) is 0 Å². The number of hydrogen-bond acceptors (Lipinski definition) is 4. The molecule has 0 saturated carbocycles. The minimum Gasteiger partial charge on any atom is -0.397 e. The summed E-state index contributed by atoms with van der Waals surface area (Å²) in [6, 6.07) is 3.08. The van der Waals surface area contributed by atoms with Crippen molar-refractivity contribution in [3.05, 3.63) is 18.2 Å². The van der Waals surface area contributed by atoms with E-state index >= 15 is 0 Å². The summed E-state index contributed by atoms with van der Waals surface area (Å²) in [6.07, 6.45) is -3.84. The molecule has 0 amide bonds. The molecule has 0 aliphatic carbocycles. The number of hydrogen-bond donors (Lipinski definition) is 3. The van der Waals surface area contributed by atoms with E-state index in [2.05, 4.69) is 0 Å². The van der Waals surface area contributed by atoms with Crippen LogP contribution in [0, 0.1) is 0 Å². The molecule has 5 N–H and O–H groups in total. The van der Waals surface area contributed by atoms with E-state index in [1.54, 1.807) is 0 Å². The lowest BCUT2D eigenvalue weighted by Crippen LogP contribution is -2.35. The fourth-order valence-electron chi connectivity index (χ4n) is 1.16. The third kappa shape index (κ3) is 3.96. The van der Waals surface area contributed by atoms with Gasteiger partial charge in [0, 0.05) is 0 Å². The highest BCUT2D eigenvalue weighted by molar-refractivity contribution is 7.89. The van der Waals surface area contributed by atoms with Gasteiger partial charge < -0.3 is 11.1 Å². The molecule has 5 nitrogen and oxygen atoms in total. The van der Waals surface area contributed by atoms with Crippen LogP contribution >= 0.6 is 0 Å². The molecule has 108 valence electrons. The first-order chi connectivity index (χ1) is 8.54. The molecule has 10 heteroatoms. The Labute approximate surface area is 106 Å². The fraction of sp³-hybridized carbons (Fsp3) is 0.333. The number of nitrogen functional groups attached to an aromatic ring is 1. The van der Waals surface area contributed by atoms with Crippen LogP contribution in [0.5, 0.6) is 0 Å². The number of alkyl halides is 4. The number of anilines is 2. The van der Waals surface area contributed by atoms with Crippen molar-refractivity contribution in [1.29, 1.82) is 0 Å². The molecule has 0 unspecified atom stereocenters. The van der Waals surface area contributed by atoms with Crippen molar-refractivity contribution in [3.8, 4) is 0 Å². The molecule has 1 rings (SSSR count). The molecule has 1 aromatic carbocycles. The zero-order valence-electron chi connectivity index (χ0n) is 9.41. The van der Waals surface area contributed by atoms with Gasteiger partial charge in [-0.15, -0.1) is 0 Å². The van der Waals surface area contributed by atoms with Crippen LogP contribution in [0.4, 0.5) is 28.9 Å². The second-order valence-electron chi connectivity index (χ2n) is 3.71. The van der Waals surface area contributed by atoms with Gasteiger partial charge >= 0.3 is 12.3 Å². The molecule has 0 atom stereocenters. The van der Waals surface area contributed by atoms with Crippen LogP contribution in [-0.2, 0) is 10.0 Å². The van der Waals surface area contributed by atoms with E-state index in [0.717, 1.165) is 18.2 Å². The summed E-state index contributed by atoms with van der Waals surface area (Å²) in [5.74, 6) is -4.26. The molecule has 0 fully saturated rings. The average Bonchev–Trinajstić information content (AvgIpc) is 2.26. The minimum atomic E-state index is -4.26. The van der Waals surface area contributed by atoms with E-state index in [0.29, 0.717) is 0 Å². The van der Waals surface area contributed by atoms with Gasteiger partial charge in [0.05, 0.1) is 22.8 Å².